The number of anilines is 2. The molecule has 18 heavy (non-hydrogen) atoms. The fourth-order valence-corrected chi connectivity index (χ4v) is 1.70. The molecule has 0 aliphatic carbocycles. The van der Waals surface area contributed by atoms with Crippen molar-refractivity contribution in [2.24, 2.45) is 0 Å². The highest BCUT2D eigenvalue weighted by Gasteiger charge is 2.07. The molecule has 4 heteroatoms. The average Bonchev–Trinajstić information content (AvgIpc) is 2.40. The summed E-state index contributed by atoms with van der Waals surface area (Å²) in [5.74, 6) is 0.653. The topological polar surface area (TPSA) is 67.5 Å². The van der Waals surface area contributed by atoms with E-state index in [9.17, 15) is 5.11 Å². The maximum absolute atomic E-state index is 9.85. The van der Waals surface area contributed by atoms with E-state index in [1.165, 1.54) is 13.2 Å². The zero-order valence-corrected chi connectivity index (χ0v) is 10.2. The summed E-state index contributed by atoms with van der Waals surface area (Å²) in [7, 11) is 1.52. The minimum Gasteiger partial charge on any atom is -0.507 e. The molecule has 4 nitrogen and oxygen atoms in total. The van der Waals surface area contributed by atoms with Gasteiger partial charge in [0.05, 0.1) is 12.8 Å². The Hall–Kier alpha value is -2.36. The Morgan fingerprint density at radius 3 is 2.61 bits per heavy atom. The van der Waals surface area contributed by atoms with Crippen LogP contribution >= 0.6 is 0 Å². The summed E-state index contributed by atoms with van der Waals surface area (Å²) in [6.07, 6.45) is 0. The molecule has 0 aliphatic rings. The van der Waals surface area contributed by atoms with Crippen LogP contribution in [0, 0.1) is 0 Å². The Morgan fingerprint density at radius 2 is 1.94 bits per heavy atom. The van der Waals surface area contributed by atoms with Crippen molar-refractivity contribution in [2.45, 2.75) is 6.54 Å². The fourth-order valence-electron chi connectivity index (χ4n) is 1.70. The number of ether oxygens (including phenoxy) is 1. The van der Waals surface area contributed by atoms with Crippen molar-refractivity contribution in [1.29, 1.82) is 0 Å². The van der Waals surface area contributed by atoms with Crippen LogP contribution in [0.1, 0.15) is 5.56 Å². The number of para-hydroxylation sites is 1. The molecule has 0 atom stereocenters. The van der Waals surface area contributed by atoms with Gasteiger partial charge in [0, 0.05) is 23.9 Å². The van der Waals surface area contributed by atoms with Gasteiger partial charge in [-0.2, -0.15) is 0 Å². The van der Waals surface area contributed by atoms with Gasteiger partial charge in [0.1, 0.15) is 11.5 Å². The molecule has 0 saturated heterocycles. The predicted octanol–water partition coefficient (Wildman–Crippen LogP) is 2.60. The summed E-state index contributed by atoms with van der Waals surface area (Å²) in [6, 6.07) is 13.0. The molecule has 0 unspecified atom stereocenters. The van der Waals surface area contributed by atoms with Crippen LogP contribution in [-0.2, 0) is 6.54 Å². The molecule has 0 saturated carbocycles. The molecule has 0 bridgehead atoms. The fraction of sp³-hybridized carbons (Fsp3) is 0.143. The Balaban J connectivity index is 2.13. The minimum atomic E-state index is 0.171. The Labute approximate surface area is 106 Å². The van der Waals surface area contributed by atoms with Crippen LogP contribution < -0.4 is 15.8 Å². The lowest BCUT2D eigenvalue weighted by Gasteiger charge is -2.11. The molecule has 0 fully saturated rings. The Kier molecular flexibility index (Phi) is 3.57. The van der Waals surface area contributed by atoms with Crippen LogP contribution in [0.15, 0.2) is 42.5 Å². The van der Waals surface area contributed by atoms with E-state index in [2.05, 4.69) is 5.32 Å². The van der Waals surface area contributed by atoms with Gasteiger partial charge in [0.25, 0.3) is 0 Å². The van der Waals surface area contributed by atoms with Crippen LogP contribution in [0.25, 0.3) is 0 Å². The molecule has 4 N–H and O–H groups in total. The summed E-state index contributed by atoms with van der Waals surface area (Å²) < 4.78 is 5.04. The molecule has 94 valence electrons. The molecule has 0 heterocycles. The van der Waals surface area contributed by atoms with E-state index in [0.717, 1.165) is 11.3 Å². The number of nitrogen functional groups attached to an aromatic ring is 1. The highest BCUT2D eigenvalue weighted by molar-refractivity contribution is 5.59. The molecule has 2 aromatic carbocycles. The molecule has 0 spiro atoms. The van der Waals surface area contributed by atoms with E-state index in [4.69, 9.17) is 10.5 Å². The lowest BCUT2D eigenvalue weighted by atomic mass is 10.1. The van der Waals surface area contributed by atoms with Crippen LogP contribution in [0.4, 0.5) is 11.4 Å². The zero-order chi connectivity index (χ0) is 13.0. The zero-order valence-electron chi connectivity index (χ0n) is 10.2. The van der Waals surface area contributed by atoms with Gasteiger partial charge < -0.3 is 20.9 Å². The SMILES string of the molecule is COc1cc(O)c(CNc2ccccc2)cc1N. The summed E-state index contributed by atoms with van der Waals surface area (Å²) in [5, 5.41) is 13.1. The van der Waals surface area contributed by atoms with Gasteiger partial charge in [-0.05, 0) is 18.2 Å². The number of nitrogens with one attached hydrogen (secondary N) is 1. The van der Waals surface area contributed by atoms with Gasteiger partial charge in [0.2, 0.25) is 0 Å². The highest BCUT2D eigenvalue weighted by atomic mass is 16.5. The molecular weight excluding hydrogens is 228 g/mol. The third kappa shape index (κ3) is 2.66. The summed E-state index contributed by atoms with van der Waals surface area (Å²) in [5.41, 5.74) is 8.05. The molecule has 0 amide bonds. The van der Waals surface area contributed by atoms with Crippen molar-refractivity contribution < 1.29 is 9.84 Å². The smallest absolute Gasteiger partial charge is 0.145 e. The second kappa shape index (κ2) is 5.31. The van der Waals surface area contributed by atoms with E-state index in [1.807, 2.05) is 30.3 Å². The lowest BCUT2D eigenvalue weighted by molar-refractivity contribution is 0.408. The summed E-state index contributed by atoms with van der Waals surface area (Å²) in [4.78, 5) is 0. The van der Waals surface area contributed by atoms with Crippen LogP contribution in [0.2, 0.25) is 0 Å². The van der Waals surface area contributed by atoms with Crippen molar-refractivity contribution in [3.63, 3.8) is 0 Å². The first-order chi connectivity index (χ1) is 8.70. The molecule has 0 aliphatic heterocycles. The number of phenolic OH excluding ortho intramolecular Hbond substituents is 1. The van der Waals surface area contributed by atoms with Gasteiger partial charge in [-0.1, -0.05) is 18.2 Å². The van der Waals surface area contributed by atoms with Gasteiger partial charge in [-0.15, -0.1) is 0 Å². The van der Waals surface area contributed by atoms with Gasteiger partial charge >= 0.3 is 0 Å². The number of hydrogen-bond donors (Lipinski definition) is 3. The van der Waals surface area contributed by atoms with Crippen molar-refractivity contribution in [3.8, 4) is 11.5 Å². The molecule has 0 radical (unpaired) electrons. The monoisotopic (exact) mass is 244 g/mol. The van der Waals surface area contributed by atoms with E-state index < -0.39 is 0 Å². The minimum absolute atomic E-state index is 0.171. The number of benzene rings is 2. The molecular formula is C14H16N2O2. The summed E-state index contributed by atoms with van der Waals surface area (Å²) >= 11 is 0. The summed E-state index contributed by atoms with van der Waals surface area (Å²) in [6.45, 7) is 0.504. The number of rotatable bonds is 4. The maximum Gasteiger partial charge on any atom is 0.145 e. The van der Waals surface area contributed by atoms with E-state index >= 15 is 0 Å². The standard InChI is InChI=1S/C14H16N2O2/c1-18-14-8-13(17)10(7-12(14)15)9-16-11-5-3-2-4-6-11/h2-8,16-17H,9,15H2,1H3. The van der Waals surface area contributed by atoms with E-state index in [0.29, 0.717) is 18.0 Å². The van der Waals surface area contributed by atoms with Crippen molar-refractivity contribution in [2.75, 3.05) is 18.2 Å². The normalized spacial score (nSPS) is 10.1. The largest absolute Gasteiger partial charge is 0.507 e. The quantitative estimate of drug-likeness (QED) is 0.571. The van der Waals surface area contributed by atoms with Crippen LogP contribution in [0.5, 0.6) is 11.5 Å². The predicted molar refractivity (Wildman–Crippen MR) is 72.8 cm³/mol. The first kappa shape index (κ1) is 12.1. The lowest BCUT2D eigenvalue weighted by Crippen LogP contribution is -2.01. The highest BCUT2D eigenvalue weighted by Crippen LogP contribution is 2.30. The van der Waals surface area contributed by atoms with E-state index in [-0.39, 0.29) is 5.75 Å². The number of nitrogens with two attached hydrogens (primary N) is 1. The maximum atomic E-state index is 9.85. The Morgan fingerprint density at radius 1 is 1.22 bits per heavy atom. The second-order valence-corrected chi connectivity index (χ2v) is 3.94. The van der Waals surface area contributed by atoms with Crippen molar-refractivity contribution in [3.05, 3.63) is 48.0 Å². The first-order valence-corrected chi connectivity index (χ1v) is 5.65. The number of phenols is 1. The van der Waals surface area contributed by atoms with Crippen LogP contribution in [-0.4, -0.2) is 12.2 Å². The third-order valence-corrected chi connectivity index (χ3v) is 2.69. The average molecular weight is 244 g/mol. The van der Waals surface area contributed by atoms with E-state index in [1.54, 1.807) is 6.07 Å². The number of methoxy groups -OCH3 is 1. The van der Waals surface area contributed by atoms with Gasteiger partial charge in [-0.25, -0.2) is 0 Å². The number of hydrogen-bond acceptors (Lipinski definition) is 4. The van der Waals surface area contributed by atoms with Crippen molar-refractivity contribution >= 4 is 11.4 Å². The first-order valence-electron chi connectivity index (χ1n) is 5.65. The third-order valence-electron chi connectivity index (χ3n) is 2.69. The van der Waals surface area contributed by atoms with Gasteiger partial charge in [0.15, 0.2) is 0 Å². The number of aromatic hydroxyl groups is 1. The molecule has 2 rings (SSSR count). The molecule has 2 aromatic rings. The second-order valence-electron chi connectivity index (χ2n) is 3.94. The van der Waals surface area contributed by atoms with Gasteiger partial charge in [-0.3, -0.25) is 0 Å². The Bertz CT molecular complexity index is 527. The van der Waals surface area contributed by atoms with Crippen molar-refractivity contribution in [1.82, 2.24) is 0 Å². The van der Waals surface area contributed by atoms with Crippen LogP contribution in [0.3, 0.4) is 0 Å². The molecule has 0 aromatic heterocycles.